The maximum atomic E-state index is 8.67. The molecule has 0 aliphatic carbocycles. The van der Waals surface area contributed by atoms with Crippen LogP contribution in [0.25, 0.3) is 0 Å². The number of para-hydroxylation sites is 1. The molecule has 1 aromatic carbocycles. The zero-order valence-corrected chi connectivity index (χ0v) is 9.03. The van der Waals surface area contributed by atoms with E-state index >= 15 is 0 Å². The Balaban J connectivity index is 3.08. The van der Waals surface area contributed by atoms with Crippen LogP contribution in [0.2, 0.25) is 5.02 Å². The highest BCUT2D eigenvalue weighted by atomic mass is 35.5. The van der Waals surface area contributed by atoms with Gasteiger partial charge in [0, 0.05) is 5.56 Å². The maximum absolute atomic E-state index is 8.67. The van der Waals surface area contributed by atoms with Crippen LogP contribution in [0.5, 0.6) is 5.75 Å². The predicted octanol–water partition coefficient (Wildman–Crippen LogP) is 1.91. The summed E-state index contributed by atoms with van der Waals surface area (Å²) in [4.78, 5) is 0. The second kappa shape index (κ2) is 5.58. The van der Waals surface area contributed by atoms with Crippen molar-refractivity contribution in [1.29, 1.82) is 0 Å². The molecule has 0 amide bonds. The second-order valence-corrected chi connectivity index (χ2v) is 3.28. The van der Waals surface area contributed by atoms with Gasteiger partial charge in [-0.3, -0.25) is 0 Å². The summed E-state index contributed by atoms with van der Waals surface area (Å²) >= 11 is 5.92. The first-order valence-corrected chi connectivity index (χ1v) is 4.79. The fourth-order valence-corrected chi connectivity index (χ4v) is 1.37. The number of oxime groups is 1. The molecule has 0 radical (unpaired) electrons. The fourth-order valence-electron chi connectivity index (χ4n) is 1.14. The van der Waals surface area contributed by atoms with Crippen LogP contribution < -0.4 is 4.74 Å². The smallest absolute Gasteiger partial charge is 0.147 e. The van der Waals surface area contributed by atoms with E-state index in [2.05, 4.69) is 5.16 Å². The summed E-state index contributed by atoms with van der Waals surface area (Å²) in [6.45, 7) is 1.69. The molecule has 2 N–H and O–H groups in total. The second-order valence-electron chi connectivity index (χ2n) is 2.87. The molecule has 5 heteroatoms. The van der Waals surface area contributed by atoms with Crippen LogP contribution in [0.4, 0.5) is 0 Å². The Kier molecular flexibility index (Phi) is 4.39. The van der Waals surface area contributed by atoms with Crippen LogP contribution in [-0.4, -0.2) is 29.2 Å². The Morgan fingerprint density at radius 3 is 2.87 bits per heavy atom. The molecule has 0 saturated heterocycles. The van der Waals surface area contributed by atoms with Crippen molar-refractivity contribution in [2.24, 2.45) is 5.16 Å². The Morgan fingerprint density at radius 1 is 1.53 bits per heavy atom. The largest absolute Gasteiger partial charge is 0.489 e. The Bertz CT molecular complexity index is 366. The summed E-state index contributed by atoms with van der Waals surface area (Å²) in [5.41, 5.74) is 1.02. The van der Waals surface area contributed by atoms with Gasteiger partial charge in [-0.15, -0.1) is 0 Å². The van der Waals surface area contributed by atoms with E-state index in [1.165, 1.54) is 0 Å². The highest BCUT2D eigenvalue weighted by molar-refractivity contribution is 6.32. The third kappa shape index (κ3) is 2.84. The third-order valence-electron chi connectivity index (χ3n) is 1.84. The van der Waals surface area contributed by atoms with E-state index in [9.17, 15) is 0 Å². The van der Waals surface area contributed by atoms with E-state index in [0.717, 1.165) is 0 Å². The lowest BCUT2D eigenvalue weighted by Gasteiger charge is -2.11. The molecular weight excluding hydrogens is 218 g/mol. The highest BCUT2D eigenvalue weighted by Gasteiger charge is 2.10. The van der Waals surface area contributed by atoms with Crippen molar-refractivity contribution in [1.82, 2.24) is 0 Å². The molecule has 0 atom stereocenters. The molecule has 1 rings (SSSR count). The van der Waals surface area contributed by atoms with Crippen molar-refractivity contribution in [2.75, 3.05) is 13.2 Å². The quantitative estimate of drug-likeness (QED) is 0.471. The zero-order valence-electron chi connectivity index (χ0n) is 8.27. The van der Waals surface area contributed by atoms with Gasteiger partial charge in [0.15, 0.2) is 0 Å². The summed E-state index contributed by atoms with van der Waals surface area (Å²) in [7, 11) is 0. The van der Waals surface area contributed by atoms with Crippen LogP contribution in [0.1, 0.15) is 12.5 Å². The normalized spacial score (nSPS) is 11.5. The Morgan fingerprint density at radius 2 is 2.27 bits per heavy atom. The molecule has 0 fully saturated rings. The number of nitrogens with zero attached hydrogens (tertiary/aromatic N) is 1. The maximum Gasteiger partial charge on any atom is 0.147 e. The van der Waals surface area contributed by atoms with Gasteiger partial charge in [-0.05, 0) is 19.1 Å². The van der Waals surface area contributed by atoms with Crippen molar-refractivity contribution in [3.63, 3.8) is 0 Å². The summed E-state index contributed by atoms with van der Waals surface area (Å²) in [5, 5.41) is 20.8. The van der Waals surface area contributed by atoms with Crippen molar-refractivity contribution >= 4 is 17.3 Å². The molecule has 0 aromatic heterocycles. The molecule has 0 bridgehead atoms. The van der Waals surface area contributed by atoms with E-state index in [1.54, 1.807) is 25.1 Å². The number of aliphatic hydroxyl groups excluding tert-OH is 1. The zero-order chi connectivity index (χ0) is 11.3. The van der Waals surface area contributed by atoms with E-state index in [4.69, 9.17) is 26.7 Å². The molecule has 4 nitrogen and oxygen atoms in total. The van der Waals surface area contributed by atoms with Crippen LogP contribution in [0.3, 0.4) is 0 Å². The minimum absolute atomic E-state index is 0.0972. The molecular formula is C10H12ClNO3. The first kappa shape index (κ1) is 11.8. The molecule has 0 spiro atoms. The highest BCUT2D eigenvalue weighted by Crippen LogP contribution is 2.29. The third-order valence-corrected chi connectivity index (χ3v) is 2.14. The van der Waals surface area contributed by atoms with E-state index in [0.29, 0.717) is 22.0 Å². The monoisotopic (exact) mass is 229 g/mol. The van der Waals surface area contributed by atoms with Crippen LogP contribution in [0.15, 0.2) is 23.4 Å². The number of hydrogen-bond acceptors (Lipinski definition) is 4. The summed E-state index contributed by atoms with van der Waals surface area (Å²) in [6, 6.07) is 5.13. The summed E-state index contributed by atoms with van der Waals surface area (Å²) in [5.74, 6) is 0.420. The molecule has 0 saturated carbocycles. The fraction of sp³-hybridized carbons (Fsp3) is 0.300. The number of rotatable bonds is 4. The van der Waals surface area contributed by atoms with E-state index in [-0.39, 0.29) is 13.2 Å². The topological polar surface area (TPSA) is 62.1 Å². The average molecular weight is 230 g/mol. The van der Waals surface area contributed by atoms with Gasteiger partial charge in [-0.1, -0.05) is 22.8 Å². The van der Waals surface area contributed by atoms with Gasteiger partial charge in [-0.2, -0.15) is 0 Å². The van der Waals surface area contributed by atoms with E-state index in [1.807, 2.05) is 0 Å². The van der Waals surface area contributed by atoms with Gasteiger partial charge in [0.25, 0.3) is 0 Å². The van der Waals surface area contributed by atoms with Gasteiger partial charge in [0.1, 0.15) is 12.4 Å². The standard InChI is InChI=1S/C10H12ClNO3/c1-7(12-14)8-3-2-4-9(11)10(8)15-6-5-13/h2-4,13-14H,5-6H2,1H3/b12-7+. The molecule has 0 unspecified atom stereocenters. The van der Waals surface area contributed by atoms with Crippen molar-refractivity contribution in [3.8, 4) is 5.75 Å². The minimum Gasteiger partial charge on any atom is -0.489 e. The first-order chi connectivity index (χ1) is 7.20. The number of ether oxygens (including phenoxy) is 1. The Hall–Kier alpha value is -1.26. The predicted molar refractivity (Wildman–Crippen MR) is 58.0 cm³/mol. The van der Waals surface area contributed by atoms with Gasteiger partial charge >= 0.3 is 0 Å². The molecule has 0 aliphatic rings. The van der Waals surface area contributed by atoms with Crippen molar-refractivity contribution in [2.45, 2.75) is 6.92 Å². The van der Waals surface area contributed by atoms with Gasteiger partial charge in [0.05, 0.1) is 17.3 Å². The lowest BCUT2D eigenvalue weighted by atomic mass is 10.1. The summed E-state index contributed by atoms with van der Waals surface area (Å²) < 4.78 is 5.27. The summed E-state index contributed by atoms with van der Waals surface area (Å²) in [6.07, 6.45) is 0. The number of aliphatic hydroxyl groups is 1. The Labute approximate surface area is 92.7 Å². The van der Waals surface area contributed by atoms with Crippen LogP contribution in [0, 0.1) is 0 Å². The van der Waals surface area contributed by atoms with E-state index < -0.39 is 0 Å². The number of hydrogen-bond donors (Lipinski definition) is 2. The first-order valence-electron chi connectivity index (χ1n) is 4.42. The van der Waals surface area contributed by atoms with Crippen molar-refractivity contribution < 1.29 is 15.1 Å². The molecule has 15 heavy (non-hydrogen) atoms. The number of halogens is 1. The van der Waals surface area contributed by atoms with Gasteiger partial charge < -0.3 is 15.1 Å². The van der Waals surface area contributed by atoms with Crippen LogP contribution in [-0.2, 0) is 0 Å². The SMILES string of the molecule is C/C(=N\O)c1cccc(Cl)c1OCCO. The number of benzene rings is 1. The molecule has 1 aromatic rings. The molecule has 82 valence electrons. The average Bonchev–Trinajstić information content (AvgIpc) is 2.26. The van der Waals surface area contributed by atoms with Crippen LogP contribution >= 0.6 is 11.6 Å². The molecule has 0 aliphatic heterocycles. The van der Waals surface area contributed by atoms with Gasteiger partial charge in [-0.25, -0.2) is 0 Å². The lowest BCUT2D eigenvalue weighted by Crippen LogP contribution is -2.06. The minimum atomic E-state index is -0.0972. The lowest BCUT2D eigenvalue weighted by molar-refractivity contribution is 0.201. The molecule has 0 heterocycles. The van der Waals surface area contributed by atoms with Gasteiger partial charge in [0.2, 0.25) is 0 Å². The van der Waals surface area contributed by atoms with Crippen molar-refractivity contribution in [3.05, 3.63) is 28.8 Å².